The molecule has 0 saturated heterocycles. The number of methoxy groups -OCH3 is 5. The van der Waals surface area contributed by atoms with Gasteiger partial charge in [0.25, 0.3) is 0 Å². The molecule has 0 radical (unpaired) electrons. The van der Waals surface area contributed by atoms with Crippen molar-refractivity contribution in [2.24, 2.45) is 0 Å². The van der Waals surface area contributed by atoms with E-state index in [1.165, 1.54) is 21.3 Å². The second-order valence-corrected chi connectivity index (χ2v) is 7.62. The smallest absolute Gasteiger partial charge is 0.339 e. The van der Waals surface area contributed by atoms with Crippen molar-refractivity contribution in [2.45, 2.75) is 25.5 Å². The Balaban J connectivity index is 0.00000544. The maximum Gasteiger partial charge on any atom is 0.339 e. The van der Waals surface area contributed by atoms with Gasteiger partial charge in [-0.2, -0.15) is 0 Å². The van der Waals surface area contributed by atoms with Gasteiger partial charge in [-0.15, -0.1) is 12.4 Å². The van der Waals surface area contributed by atoms with E-state index in [9.17, 15) is 4.79 Å². The summed E-state index contributed by atoms with van der Waals surface area (Å²) < 4.78 is 33.1. The molecule has 184 valence electrons. The molecule has 0 aliphatic heterocycles. The summed E-state index contributed by atoms with van der Waals surface area (Å²) in [5.41, 5.74) is 0.0230. The number of hydrogen-bond acceptors (Lipinski definition) is 8. The van der Waals surface area contributed by atoms with Crippen molar-refractivity contribution >= 4 is 18.4 Å². The number of rotatable bonds is 10. The molecule has 2 atom stereocenters. The van der Waals surface area contributed by atoms with E-state index in [0.29, 0.717) is 28.7 Å². The number of benzene rings is 2. The van der Waals surface area contributed by atoms with E-state index in [1.54, 1.807) is 32.4 Å². The van der Waals surface area contributed by atoms with E-state index in [2.05, 4.69) is 0 Å². The second kappa shape index (κ2) is 11.9. The molecule has 2 unspecified atom stereocenters. The van der Waals surface area contributed by atoms with Crippen LogP contribution in [-0.2, 0) is 10.3 Å². The summed E-state index contributed by atoms with van der Waals surface area (Å²) in [6.45, 7) is 3.86. The maximum atomic E-state index is 13.3. The second-order valence-electron chi connectivity index (χ2n) is 7.62. The van der Waals surface area contributed by atoms with Crippen LogP contribution in [0.25, 0.3) is 0 Å². The zero-order chi connectivity index (χ0) is 24.1. The van der Waals surface area contributed by atoms with Crippen molar-refractivity contribution in [3.8, 4) is 28.7 Å². The molecule has 0 aromatic heterocycles. The Kier molecular flexibility index (Phi) is 10.1. The molecule has 0 spiro atoms. The number of halogens is 1. The Morgan fingerprint density at radius 2 is 1.33 bits per heavy atom. The van der Waals surface area contributed by atoms with Crippen LogP contribution in [0.1, 0.15) is 29.8 Å². The van der Waals surface area contributed by atoms with E-state index >= 15 is 0 Å². The van der Waals surface area contributed by atoms with E-state index < -0.39 is 11.6 Å². The van der Waals surface area contributed by atoms with Crippen molar-refractivity contribution in [1.29, 1.82) is 0 Å². The van der Waals surface area contributed by atoms with Crippen LogP contribution in [0, 0.1) is 0 Å². The number of hydrogen-bond donors (Lipinski definition) is 0. The summed E-state index contributed by atoms with van der Waals surface area (Å²) >= 11 is 0. The zero-order valence-corrected chi connectivity index (χ0v) is 21.5. The minimum absolute atomic E-state index is 0. The molecule has 2 rings (SSSR count). The van der Waals surface area contributed by atoms with Crippen molar-refractivity contribution in [3.63, 3.8) is 0 Å². The van der Waals surface area contributed by atoms with Crippen molar-refractivity contribution in [2.75, 3.05) is 49.6 Å². The Bertz CT molecular complexity index is 925. The summed E-state index contributed by atoms with van der Waals surface area (Å²) in [5, 5.41) is 0. The fourth-order valence-corrected chi connectivity index (χ4v) is 3.47. The minimum Gasteiger partial charge on any atom is -0.493 e. The zero-order valence-electron chi connectivity index (χ0n) is 20.7. The Morgan fingerprint density at radius 1 is 0.818 bits per heavy atom. The number of likely N-dealkylation sites (N-methyl/N-ethyl adjacent to an activating group) is 1. The van der Waals surface area contributed by atoms with E-state index in [-0.39, 0.29) is 24.0 Å². The molecule has 0 fully saturated rings. The SMILES string of the molecule is COc1ccc(C(C)(OC(=O)c2cc(OC)c(OC)c(OC)c2)C(C)N(C)C)cc1OC.Cl. The average molecular weight is 484 g/mol. The topological polar surface area (TPSA) is 75.7 Å². The standard InChI is InChI=1S/C24H33NO7.ClH/c1-15(25(3)4)24(2,17-10-11-18(27-5)19(14-17)28-6)32-23(26)16-12-20(29-7)22(31-9)21(13-16)30-8;/h10-15H,1-9H3;1H. The molecule has 0 aliphatic rings. The lowest BCUT2D eigenvalue weighted by Gasteiger charge is -2.39. The van der Waals surface area contributed by atoms with Gasteiger partial charge in [0, 0.05) is 5.56 Å². The molecular weight excluding hydrogens is 450 g/mol. The lowest BCUT2D eigenvalue weighted by Crippen LogP contribution is -2.47. The van der Waals surface area contributed by atoms with Crippen LogP contribution in [0.3, 0.4) is 0 Å². The molecule has 9 heteroatoms. The molecular formula is C24H34ClNO7. The van der Waals surface area contributed by atoms with Crippen LogP contribution in [0.4, 0.5) is 0 Å². The van der Waals surface area contributed by atoms with Crippen molar-refractivity contribution in [3.05, 3.63) is 41.5 Å². The van der Waals surface area contributed by atoms with Gasteiger partial charge in [-0.1, -0.05) is 6.07 Å². The van der Waals surface area contributed by atoms with Crippen LogP contribution in [0.2, 0.25) is 0 Å². The molecule has 33 heavy (non-hydrogen) atoms. The highest BCUT2D eigenvalue weighted by Crippen LogP contribution is 2.41. The van der Waals surface area contributed by atoms with E-state index in [4.69, 9.17) is 28.4 Å². The Labute approximate surface area is 202 Å². The fraction of sp³-hybridized carbons (Fsp3) is 0.458. The number of esters is 1. The van der Waals surface area contributed by atoms with Gasteiger partial charge >= 0.3 is 5.97 Å². The number of nitrogens with zero attached hydrogens (tertiary/aromatic N) is 1. The van der Waals surface area contributed by atoms with Gasteiger partial charge in [0.05, 0.1) is 47.2 Å². The first-order chi connectivity index (χ1) is 15.2. The Morgan fingerprint density at radius 3 is 1.76 bits per heavy atom. The number of ether oxygens (including phenoxy) is 6. The third-order valence-corrected chi connectivity index (χ3v) is 5.73. The lowest BCUT2D eigenvalue weighted by molar-refractivity contribution is -0.0488. The van der Waals surface area contributed by atoms with Gasteiger partial charge in [0.15, 0.2) is 23.0 Å². The molecule has 2 aromatic carbocycles. The highest BCUT2D eigenvalue weighted by Gasteiger charge is 2.40. The lowest BCUT2D eigenvalue weighted by atomic mass is 9.87. The summed E-state index contributed by atoms with van der Waals surface area (Å²) in [5.74, 6) is 1.74. The first kappa shape index (κ1) is 28.2. The van der Waals surface area contributed by atoms with Gasteiger partial charge in [0.2, 0.25) is 5.75 Å². The van der Waals surface area contributed by atoms with Gasteiger partial charge in [-0.3, -0.25) is 0 Å². The largest absolute Gasteiger partial charge is 0.493 e. The predicted octanol–water partition coefficient (Wildman–Crippen LogP) is 4.17. The predicted molar refractivity (Wildman–Crippen MR) is 129 cm³/mol. The van der Waals surface area contributed by atoms with E-state index in [1.807, 2.05) is 45.0 Å². The third-order valence-electron chi connectivity index (χ3n) is 5.73. The van der Waals surface area contributed by atoms with Gasteiger partial charge in [-0.25, -0.2) is 4.79 Å². The highest BCUT2D eigenvalue weighted by atomic mass is 35.5. The summed E-state index contributed by atoms with van der Waals surface area (Å²) in [4.78, 5) is 15.3. The highest BCUT2D eigenvalue weighted by molar-refractivity contribution is 5.91. The first-order valence-corrected chi connectivity index (χ1v) is 10.1. The van der Waals surface area contributed by atoms with Crippen LogP contribution in [0.5, 0.6) is 28.7 Å². The molecule has 8 nitrogen and oxygen atoms in total. The summed E-state index contributed by atoms with van der Waals surface area (Å²) in [6, 6.07) is 8.44. The van der Waals surface area contributed by atoms with Gasteiger partial charge in [-0.05, 0) is 52.2 Å². The molecule has 2 aromatic rings. The molecule has 0 amide bonds. The van der Waals surface area contributed by atoms with Crippen molar-refractivity contribution < 1.29 is 33.2 Å². The number of carbonyl (C=O) groups is 1. The van der Waals surface area contributed by atoms with Gasteiger partial charge in [0.1, 0.15) is 5.60 Å². The third kappa shape index (κ3) is 5.75. The van der Waals surface area contributed by atoms with Crippen LogP contribution in [-0.4, -0.2) is 66.6 Å². The normalized spacial score (nSPS) is 13.3. The average Bonchev–Trinajstić information content (AvgIpc) is 2.81. The molecule has 0 heterocycles. The quantitative estimate of drug-likeness (QED) is 0.466. The maximum absolute atomic E-state index is 13.3. The molecule has 0 saturated carbocycles. The number of carbonyl (C=O) groups excluding carboxylic acids is 1. The molecule has 0 N–H and O–H groups in total. The molecule has 0 aliphatic carbocycles. The minimum atomic E-state index is -1.01. The Hall–Kier alpha value is -2.84. The monoisotopic (exact) mass is 483 g/mol. The first-order valence-electron chi connectivity index (χ1n) is 10.1. The van der Waals surface area contributed by atoms with Gasteiger partial charge < -0.3 is 33.3 Å². The van der Waals surface area contributed by atoms with Crippen LogP contribution < -0.4 is 23.7 Å². The molecule has 0 bridgehead atoms. The van der Waals surface area contributed by atoms with Crippen molar-refractivity contribution in [1.82, 2.24) is 4.90 Å². The van der Waals surface area contributed by atoms with Crippen LogP contribution >= 0.6 is 12.4 Å². The van der Waals surface area contributed by atoms with E-state index in [0.717, 1.165) is 5.56 Å². The summed E-state index contributed by atoms with van der Waals surface area (Å²) in [7, 11) is 11.5. The van der Waals surface area contributed by atoms with Crippen LogP contribution in [0.15, 0.2) is 30.3 Å². The fourth-order valence-electron chi connectivity index (χ4n) is 3.47. The summed E-state index contributed by atoms with van der Waals surface area (Å²) in [6.07, 6.45) is 0.